The van der Waals surface area contributed by atoms with Gasteiger partial charge in [0.1, 0.15) is 0 Å². The minimum absolute atomic E-state index is 0.0676. The first-order chi connectivity index (χ1) is 16.5. The van der Waals surface area contributed by atoms with Gasteiger partial charge >= 0.3 is 220 Å². The number of rotatable bonds is 1. The zero-order valence-corrected chi connectivity index (χ0v) is 27.1. The van der Waals surface area contributed by atoms with Crippen LogP contribution in [0.4, 0.5) is 0 Å². The molecule has 1 aliphatic heterocycles. The van der Waals surface area contributed by atoms with Crippen molar-refractivity contribution in [3.63, 3.8) is 0 Å². The van der Waals surface area contributed by atoms with E-state index in [1.54, 1.807) is 9.10 Å². The summed E-state index contributed by atoms with van der Waals surface area (Å²) in [6.45, 7) is 6.96. The van der Waals surface area contributed by atoms with Crippen molar-refractivity contribution in [2.75, 3.05) is 0 Å². The number of pyridine rings is 1. The molecule has 178 valence electrons. The fourth-order valence-corrected chi connectivity index (χ4v) is 40.2. The Balaban J connectivity index is 1.68. The molecule has 0 aliphatic carbocycles. The van der Waals surface area contributed by atoms with Gasteiger partial charge in [0.05, 0.1) is 0 Å². The van der Waals surface area contributed by atoms with Crippen LogP contribution >= 0.6 is 11.3 Å². The van der Waals surface area contributed by atoms with Gasteiger partial charge in [-0.1, -0.05) is 0 Å². The normalized spacial score (nSPS) is 17.2. The molecule has 0 amide bonds. The van der Waals surface area contributed by atoms with E-state index in [2.05, 4.69) is 98.4 Å². The number of hydrogen-bond donors (Lipinski definition) is 0. The van der Waals surface area contributed by atoms with Gasteiger partial charge in [0.15, 0.2) is 0 Å². The molecule has 35 heavy (non-hydrogen) atoms. The molecule has 1 aliphatic rings. The van der Waals surface area contributed by atoms with Crippen molar-refractivity contribution in [1.82, 2.24) is 4.98 Å². The second-order valence-electron chi connectivity index (χ2n) is 12.8. The average molecular weight is 599 g/mol. The molecule has 0 radical (unpaired) electrons. The summed E-state index contributed by atoms with van der Waals surface area (Å²) in [5.41, 5.74) is 3.86. The van der Waals surface area contributed by atoms with Gasteiger partial charge in [0, 0.05) is 0 Å². The zero-order valence-electron chi connectivity index (χ0n) is 22.0. The van der Waals surface area contributed by atoms with Crippen LogP contribution in [-0.2, 0) is 5.41 Å². The molecule has 3 heterocycles. The van der Waals surface area contributed by atoms with Crippen molar-refractivity contribution in [1.29, 1.82) is 0 Å². The zero-order chi connectivity index (χ0) is 24.8. The quantitative estimate of drug-likeness (QED) is 0.177. The first-order valence-corrected chi connectivity index (χ1v) is 27.1. The standard InChI is InChI=1S/C31H35Ge2NS/c1-31(2,3)25-19-21(18-20-10-8-9-11-22(20)25)28-30-24(14-17-34-28)23-12-13-26-27(29(23)35-30)33(6,7)16-15-32(26,4)5/h8-14,17-19H,15-16H2,1-7H3. The van der Waals surface area contributed by atoms with Gasteiger partial charge in [-0.3, -0.25) is 0 Å². The van der Waals surface area contributed by atoms with E-state index in [1.165, 1.54) is 47.9 Å². The van der Waals surface area contributed by atoms with Crippen molar-refractivity contribution < 1.29 is 0 Å². The SMILES string of the molecule is CC(C)(C)c1cc(-c2nccc3c2sc2[c]4[c](ccc23)[Ge]([CH3])([CH3])[CH2][CH2][Ge]4([CH3])[CH3])cc2ccccc12. The molecule has 0 bridgehead atoms. The van der Waals surface area contributed by atoms with Crippen LogP contribution in [0.5, 0.6) is 0 Å². The van der Waals surface area contributed by atoms with Crippen LogP contribution in [0.2, 0.25) is 33.5 Å². The summed E-state index contributed by atoms with van der Waals surface area (Å²) in [6.07, 6.45) is 2.03. The van der Waals surface area contributed by atoms with Crippen molar-refractivity contribution in [2.45, 2.75) is 59.7 Å². The first-order valence-electron chi connectivity index (χ1n) is 12.9. The molecular weight excluding hydrogens is 564 g/mol. The van der Waals surface area contributed by atoms with E-state index in [1.807, 2.05) is 21.9 Å². The van der Waals surface area contributed by atoms with Gasteiger partial charge in [-0.15, -0.1) is 0 Å². The second kappa shape index (κ2) is 7.94. The van der Waals surface area contributed by atoms with Gasteiger partial charge in [0.2, 0.25) is 0 Å². The Morgan fingerprint density at radius 1 is 0.771 bits per heavy atom. The van der Waals surface area contributed by atoms with Crippen LogP contribution in [0.15, 0.2) is 60.8 Å². The number of hydrogen-bond acceptors (Lipinski definition) is 2. The second-order valence-corrected chi connectivity index (χ2v) is 33.9. The average Bonchev–Trinajstić information content (AvgIpc) is 3.19. The third-order valence-electron chi connectivity index (χ3n) is 8.28. The van der Waals surface area contributed by atoms with Gasteiger partial charge in [0.25, 0.3) is 0 Å². The Morgan fingerprint density at radius 3 is 2.26 bits per heavy atom. The minimum atomic E-state index is -2.05. The van der Waals surface area contributed by atoms with E-state index >= 15 is 0 Å². The Kier molecular flexibility index (Phi) is 5.39. The number of aromatic nitrogens is 1. The van der Waals surface area contributed by atoms with E-state index in [0.717, 1.165) is 5.69 Å². The molecule has 0 fully saturated rings. The maximum absolute atomic E-state index is 5.02. The third-order valence-corrected chi connectivity index (χ3v) is 27.4. The molecule has 0 N–H and O–H groups in total. The van der Waals surface area contributed by atoms with Crippen LogP contribution in [-0.4, -0.2) is 31.5 Å². The number of nitrogens with zero attached hydrogens (tertiary/aromatic N) is 1. The molecule has 0 unspecified atom stereocenters. The van der Waals surface area contributed by atoms with E-state index in [0.29, 0.717) is 0 Å². The summed E-state index contributed by atoms with van der Waals surface area (Å²) in [4.78, 5) is 5.02. The predicted molar refractivity (Wildman–Crippen MR) is 163 cm³/mol. The summed E-state index contributed by atoms with van der Waals surface area (Å²) < 4.78 is 6.59. The predicted octanol–water partition coefficient (Wildman–Crippen LogP) is 8.41. The van der Waals surface area contributed by atoms with Crippen molar-refractivity contribution in [3.05, 3.63) is 66.4 Å². The summed E-state index contributed by atoms with van der Waals surface area (Å²) in [5.74, 6) is 10.6. The van der Waals surface area contributed by atoms with Crippen molar-refractivity contribution in [3.8, 4) is 11.3 Å². The van der Waals surface area contributed by atoms with Gasteiger partial charge in [-0.2, -0.15) is 0 Å². The fraction of sp³-hybridized carbons (Fsp3) is 0.323. The van der Waals surface area contributed by atoms with E-state index in [9.17, 15) is 0 Å². The summed E-state index contributed by atoms with van der Waals surface area (Å²) in [5, 5.41) is 8.51. The summed E-state index contributed by atoms with van der Waals surface area (Å²) in [7, 11) is 0. The Bertz CT molecular complexity index is 1640. The van der Waals surface area contributed by atoms with Crippen LogP contribution in [0.3, 0.4) is 0 Å². The van der Waals surface area contributed by atoms with Gasteiger partial charge in [-0.05, 0) is 0 Å². The molecule has 2 aromatic heterocycles. The molecule has 4 heteroatoms. The first kappa shape index (κ1) is 23.8. The molecule has 0 spiro atoms. The Hall–Kier alpha value is -1.62. The molecule has 0 saturated carbocycles. The molecule has 5 aromatic rings. The van der Waals surface area contributed by atoms with Crippen molar-refractivity contribution >= 4 is 77.6 Å². The van der Waals surface area contributed by atoms with E-state index in [-0.39, 0.29) is 5.41 Å². The monoisotopic (exact) mass is 601 g/mol. The number of fused-ring (bicyclic) bond motifs is 6. The van der Waals surface area contributed by atoms with Gasteiger partial charge < -0.3 is 0 Å². The maximum atomic E-state index is 5.02. The number of thiophene rings is 1. The molecule has 0 atom stereocenters. The van der Waals surface area contributed by atoms with Crippen LogP contribution in [0, 0.1) is 0 Å². The van der Waals surface area contributed by atoms with E-state index < -0.39 is 26.5 Å². The van der Waals surface area contributed by atoms with Crippen LogP contribution in [0.25, 0.3) is 42.2 Å². The third kappa shape index (κ3) is 3.74. The Labute approximate surface area is 218 Å². The molecular formula is C31H35Ge2NS. The number of benzene rings is 3. The topological polar surface area (TPSA) is 12.9 Å². The van der Waals surface area contributed by atoms with Gasteiger partial charge in [-0.25, -0.2) is 0 Å². The molecule has 3 aromatic carbocycles. The van der Waals surface area contributed by atoms with E-state index in [4.69, 9.17) is 4.98 Å². The summed E-state index contributed by atoms with van der Waals surface area (Å²) in [6, 6.07) is 20.8. The Morgan fingerprint density at radius 2 is 1.49 bits per heavy atom. The molecule has 1 nitrogen and oxygen atoms in total. The molecule has 0 saturated heterocycles. The summed E-state index contributed by atoms with van der Waals surface area (Å²) >= 11 is -1.95. The van der Waals surface area contributed by atoms with Crippen LogP contribution < -0.4 is 8.79 Å². The fourth-order valence-electron chi connectivity index (χ4n) is 6.16. The molecule has 6 rings (SSSR count). The van der Waals surface area contributed by atoms with Crippen LogP contribution in [0.1, 0.15) is 26.3 Å². The van der Waals surface area contributed by atoms with Crippen molar-refractivity contribution in [2.24, 2.45) is 0 Å².